The van der Waals surface area contributed by atoms with Crippen molar-refractivity contribution in [2.75, 3.05) is 7.05 Å². The van der Waals surface area contributed by atoms with Crippen LogP contribution in [0.2, 0.25) is 0 Å². The summed E-state index contributed by atoms with van der Waals surface area (Å²) in [5.74, 6) is -0.828. The molecule has 1 aromatic carbocycles. The van der Waals surface area contributed by atoms with Crippen molar-refractivity contribution in [3.63, 3.8) is 0 Å². The Morgan fingerprint density at radius 2 is 1.89 bits per heavy atom. The van der Waals surface area contributed by atoms with Crippen molar-refractivity contribution in [3.05, 3.63) is 41.1 Å². The van der Waals surface area contributed by atoms with E-state index < -0.39 is 16.7 Å². The van der Waals surface area contributed by atoms with Gasteiger partial charge >= 0.3 is 5.97 Å². The topological polar surface area (TPSA) is 60.4 Å². The van der Waals surface area contributed by atoms with E-state index in [9.17, 15) is 15.1 Å². The minimum absolute atomic E-state index is 0.185. The van der Waals surface area contributed by atoms with Gasteiger partial charge in [-0.3, -0.25) is 0 Å². The SMILES string of the molecule is CC(C)C[C@H](C(=O)O)[N+](C)([O-])Cc1ccccc1. The molecule has 18 heavy (non-hydrogen) atoms. The van der Waals surface area contributed by atoms with E-state index in [0.717, 1.165) is 5.56 Å². The third-order valence-electron chi connectivity index (χ3n) is 2.98. The second-order valence-electron chi connectivity index (χ2n) is 5.30. The van der Waals surface area contributed by atoms with Gasteiger partial charge in [0.1, 0.15) is 6.54 Å². The molecule has 0 aliphatic rings. The maximum atomic E-state index is 12.5. The Hall–Kier alpha value is -1.39. The molecule has 0 heterocycles. The number of hydrogen-bond acceptors (Lipinski definition) is 2. The van der Waals surface area contributed by atoms with Crippen LogP contribution in [0.1, 0.15) is 25.8 Å². The largest absolute Gasteiger partial charge is 0.632 e. The third-order valence-corrected chi connectivity index (χ3v) is 2.98. The van der Waals surface area contributed by atoms with E-state index in [4.69, 9.17) is 0 Å². The molecule has 4 heteroatoms. The Balaban J connectivity index is 2.84. The summed E-state index contributed by atoms with van der Waals surface area (Å²) < 4.78 is -0.766. The van der Waals surface area contributed by atoms with Crippen LogP contribution < -0.4 is 0 Å². The van der Waals surface area contributed by atoms with Crippen LogP contribution in [0.15, 0.2) is 30.3 Å². The number of hydrogen-bond donors (Lipinski definition) is 1. The van der Waals surface area contributed by atoms with Crippen molar-refractivity contribution in [1.82, 2.24) is 0 Å². The van der Waals surface area contributed by atoms with E-state index in [-0.39, 0.29) is 12.5 Å². The van der Waals surface area contributed by atoms with Gasteiger partial charge in [-0.1, -0.05) is 44.2 Å². The second kappa shape index (κ2) is 5.98. The van der Waals surface area contributed by atoms with E-state index >= 15 is 0 Å². The Labute approximate surface area is 108 Å². The summed E-state index contributed by atoms with van der Waals surface area (Å²) in [4.78, 5) is 11.3. The van der Waals surface area contributed by atoms with Gasteiger partial charge in [-0.2, -0.15) is 0 Å². The standard InChI is InChI=1S/C14H21NO3/c1-11(2)9-13(14(16)17)15(3,18)10-12-7-5-4-6-8-12/h4-8,11,13H,9-10H2,1-3H3,(H,16,17)/t13-,15?/m1/s1. The first kappa shape index (κ1) is 14.7. The molecule has 0 aromatic heterocycles. The van der Waals surface area contributed by atoms with Gasteiger partial charge < -0.3 is 15.0 Å². The lowest BCUT2D eigenvalue weighted by atomic mass is 10.0. The maximum absolute atomic E-state index is 12.5. The Morgan fingerprint density at radius 3 is 2.33 bits per heavy atom. The maximum Gasteiger partial charge on any atom is 0.362 e. The van der Waals surface area contributed by atoms with Gasteiger partial charge in [0.2, 0.25) is 0 Å². The Kier molecular flexibility index (Phi) is 4.87. The Bertz CT molecular complexity index is 387. The fourth-order valence-electron chi connectivity index (χ4n) is 2.06. The molecule has 0 saturated heterocycles. The van der Waals surface area contributed by atoms with Gasteiger partial charge in [-0.15, -0.1) is 0 Å². The zero-order valence-electron chi connectivity index (χ0n) is 11.2. The van der Waals surface area contributed by atoms with Crippen molar-refractivity contribution in [1.29, 1.82) is 0 Å². The number of rotatable bonds is 6. The third kappa shape index (κ3) is 4.13. The van der Waals surface area contributed by atoms with Crippen LogP contribution in [0.25, 0.3) is 0 Å². The van der Waals surface area contributed by atoms with Crippen LogP contribution in [0.3, 0.4) is 0 Å². The molecule has 4 nitrogen and oxygen atoms in total. The first-order valence-corrected chi connectivity index (χ1v) is 6.16. The van der Waals surface area contributed by atoms with Gasteiger partial charge in [0.05, 0.1) is 7.05 Å². The lowest BCUT2D eigenvalue weighted by molar-refractivity contribution is -0.891. The Morgan fingerprint density at radius 1 is 1.33 bits per heavy atom. The molecule has 1 N–H and O–H groups in total. The van der Waals surface area contributed by atoms with E-state index in [2.05, 4.69) is 0 Å². The molecular formula is C14H21NO3. The molecule has 0 radical (unpaired) electrons. The minimum Gasteiger partial charge on any atom is -0.632 e. The predicted molar refractivity (Wildman–Crippen MR) is 70.6 cm³/mol. The molecule has 0 fully saturated rings. The second-order valence-corrected chi connectivity index (χ2v) is 5.30. The number of likely N-dealkylation sites (N-methyl/N-ethyl adjacent to an activating group) is 1. The molecule has 2 atom stereocenters. The summed E-state index contributed by atoms with van der Waals surface area (Å²) in [6, 6.07) is 8.37. The van der Waals surface area contributed by atoms with Gasteiger partial charge in [0.15, 0.2) is 6.04 Å². The summed E-state index contributed by atoms with van der Waals surface area (Å²) in [6.45, 7) is 4.04. The van der Waals surface area contributed by atoms with Crippen molar-refractivity contribution >= 4 is 5.97 Å². The van der Waals surface area contributed by atoms with Crippen molar-refractivity contribution < 1.29 is 14.5 Å². The lowest BCUT2D eigenvalue weighted by Crippen LogP contribution is -2.51. The quantitative estimate of drug-likeness (QED) is 0.624. The highest BCUT2D eigenvalue weighted by Gasteiger charge is 2.32. The van der Waals surface area contributed by atoms with Gasteiger partial charge in [0, 0.05) is 12.0 Å². The minimum atomic E-state index is -1.02. The zero-order chi connectivity index (χ0) is 13.8. The number of carboxylic acids is 1. The van der Waals surface area contributed by atoms with Crippen LogP contribution in [0.5, 0.6) is 0 Å². The van der Waals surface area contributed by atoms with Crippen molar-refractivity contribution in [3.8, 4) is 0 Å². The molecular weight excluding hydrogens is 230 g/mol. The van der Waals surface area contributed by atoms with E-state index in [0.29, 0.717) is 6.42 Å². The number of nitrogens with zero attached hydrogens (tertiary/aromatic N) is 1. The predicted octanol–water partition coefficient (Wildman–Crippen LogP) is 2.63. The summed E-state index contributed by atoms with van der Waals surface area (Å²) in [7, 11) is 1.44. The molecule has 1 rings (SSSR count). The highest BCUT2D eigenvalue weighted by atomic mass is 16.5. The lowest BCUT2D eigenvalue weighted by Gasteiger charge is -2.44. The first-order chi connectivity index (χ1) is 8.33. The van der Waals surface area contributed by atoms with Crippen molar-refractivity contribution in [2.45, 2.75) is 32.9 Å². The van der Waals surface area contributed by atoms with Crippen LogP contribution in [0.4, 0.5) is 0 Å². The molecule has 100 valence electrons. The van der Waals surface area contributed by atoms with Gasteiger partial charge in [0.25, 0.3) is 0 Å². The molecule has 0 spiro atoms. The molecule has 0 saturated carbocycles. The monoisotopic (exact) mass is 251 g/mol. The van der Waals surface area contributed by atoms with Crippen LogP contribution in [-0.2, 0) is 11.3 Å². The number of carboxylic acid groups (broad SMARTS) is 1. The van der Waals surface area contributed by atoms with Gasteiger partial charge in [-0.05, 0) is 5.92 Å². The molecule has 0 amide bonds. The van der Waals surface area contributed by atoms with E-state index in [1.807, 2.05) is 44.2 Å². The normalized spacial score (nSPS) is 16.3. The van der Waals surface area contributed by atoms with Gasteiger partial charge in [-0.25, -0.2) is 4.79 Å². The summed E-state index contributed by atoms with van der Waals surface area (Å²) in [6.07, 6.45) is 0.391. The zero-order valence-corrected chi connectivity index (χ0v) is 11.2. The summed E-state index contributed by atoms with van der Waals surface area (Å²) in [5, 5.41) is 21.7. The number of quaternary nitrogens is 1. The highest BCUT2D eigenvalue weighted by molar-refractivity contribution is 5.72. The molecule has 0 bridgehead atoms. The number of carbonyl (C=O) groups is 1. The average molecular weight is 251 g/mol. The fraction of sp³-hybridized carbons (Fsp3) is 0.500. The average Bonchev–Trinajstić information content (AvgIpc) is 2.26. The highest BCUT2D eigenvalue weighted by Crippen LogP contribution is 2.21. The molecule has 1 aromatic rings. The smallest absolute Gasteiger partial charge is 0.362 e. The van der Waals surface area contributed by atoms with Crippen LogP contribution >= 0.6 is 0 Å². The van der Waals surface area contributed by atoms with E-state index in [1.165, 1.54) is 7.05 Å². The van der Waals surface area contributed by atoms with Crippen molar-refractivity contribution in [2.24, 2.45) is 5.92 Å². The molecule has 0 aliphatic heterocycles. The van der Waals surface area contributed by atoms with E-state index in [1.54, 1.807) is 0 Å². The fourth-order valence-corrected chi connectivity index (χ4v) is 2.06. The van der Waals surface area contributed by atoms with Crippen LogP contribution in [0, 0.1) is 11.1 Å². The summed E-state index contributed by atoms with van der Waals surface area (Å²) in [5.41, 5.74) is 0.866. The number of aliphatic carboxylic acids is 1. The number of benzene rings is 1. The molecule has 0 aliphatic carbocycles. The summed E-state index contributed by atoms with van der Waals surface area (Å²) >= 11 is 0. The first-order valence-electron chi connectivity index (χ1n) is 6.16. The van der Waals surface area contributed by atoms with Crippen LogP contribution in [-0.4, -0.2) is 28.8 Å². The number of hydroxylamine groups is 3. The molecule has 1 unspecified atom stereocenters.